The highest BCUT2D eigenvalue weighted by molar-refractivity contribution is 8.00. The number of anilines is 1. The van der Waals surface area contributed by atoms with Crippen LogP contribution in [0.2, 0.25) is 0 Å². The molecular weight excluding hydrogens is 197 g/mol. The van der Waals surface area contributed by atoms with Crippen molar-refractivity contribution in [3.63, 3.8) is 0 Å². The van der Waals surface area contributed by atoms with Crippen LogP contribution in [0.25, 0.3) is 0 Å². The molecule has 0 aliphatic rings. The topological polar surface area (TPSA) is 26.0 Å². The van der Waals surface area contributed by atoms with E-state index in [0.29, 0.717) is 5.25 Å². The highest BCUT2D eigenvalue weighted by atomic mass is 32.2. The van der Waals surface area contributed by atoms with Crippen LogP contribution in [0.15, 0.2) is 23.1 Å². The third-order valence-corrected chi connectivity index (χ3v) is 3.71. The summed E-state index contributed by atoms with van der Waals surface area (Å²) in [6.07, 6.45) is 2.21. The maximum atomic E-state index is 13.1. The fraction of sp³-hybridized carbons (Fsp3) is 0.455. The van der Waals surface area contributed by atoms with Crippen LogP contribution in [-0.4, -0.2) is 5.25 Å². The Labute approximate surface area is 88.9 Å². The van der Waals surface area contributed by atoms with Gasteiger partial charge in [-0.2, -0.15) is 0 Å². The van der Waals surface area contributed by atoms with Gasteiger partial charge in [-0.15, -0.1) is 11.8 Å². The molecule has 0 saturated heterocycles. The molecule has 3 heteroatoms. The Morgan fingerprint density at radius 3 is 2.50 bits per heavy atom. The van der Waals surface area contributed by atoms with Crippen molar-refractivity contribution in [1.29, 1.82) is 0 Å². The second-order valence-electron chi connectivity index (χ2n) is 3.24. The second-order valence-corrected chi connectivity index (χ2v) is 4.61. The SMILES string of the molecule is CCC(CC)Sc1ccc(N)c(F)c1. The molecule has 0 radical (unpaired) electrons. The summed E-state index contributed by atoms with van der Waals surface area (Å²) >= 11 is 1.72. The molecule has 0 heterocycles. The fourth-order valence-corrected chi connectivity index (χ4v) is 2.27. The maximum Gasteiger partial charge on any atom is 0.147 e. The maximum absolute atomic E-state index is 13.1. The zero-order valence-corrected chi connectivity index (χ0v) is 9.40. The third-order valence-electron chi connectivity index (χ3n) is 2.19. The Hall–Kier alpha value is -0.700. The number of nitrogens with two attached hydrogens (primary N) is 1. The van der Waals surface area contributed by atoms with Crippen LogP contribution in [0.5, 0.6) is 0 Å². The van der Waals surface area contributed by atoms with Crippen LogP contribution in [-0.2, 0) is 0 Å². The zero-order chi connectivity index (χ0) is 10.6. The summed E-state index contributed by atoms with van der Waals surface area (Å²) in [5, 5.41) is 0.568. The number of hydrogen-bond donors (Lipinski definition) is 1. The molecule has 0 spiro atoms. The molecule has 1 rings (SSSR count). The van der Waals surface area contributed by atoms with E-state index in [1.54, 1.807) is 17.8 Å². The minimum Gasteiger partial charge on any atom is -0.396 e. The summed E-state index contributed by atoms with van der Waals surface area (Å²) < 4.78 is 13.1. The molecule has 0 aromatic heterocycles. The number of hydrogen-bond acceptors (Lipinski definition) is 2. The van der Waals surface area contributed by atoms with Gasteiger partial charge < -0.3 is 5.73 Å². The van der Waals surface area contributed by atoms with Gasteiger partial charge in [0, 0.05) is 10.1 Å². The van der Waals surface area contributed by atoms with E-state index in [1.807, 2.05) is 6.07 Å². The van der Waals surface area contributed by atoms with Gasteiger partial charge in [-0.3, -0.25) is 0 Å². The average Bonchev–Trinajstić information content (AvgIpc) is 2.19. The lowest BCUT2D eigenvalue weighted by atomic mass is 10.3. The van der Waals surface area contributed by atoms with E-state index in [9.17, 15) is 4.39 Å². The molecule has 0 atom stereocenters. The molecule has 1 aromatic rings. The van der Waals surface area contributed by atoms with Crippen molar-refractivity contribution in [2.45, 2.75) is 36.8 Å². The average molecular weight is 213 g/mol. The third kappa shape index (κ3) is 2.91. The molecule has 0 aliphatic heterocycles. The summed E-state index contributed by atoms with van der Waals surface area (Å²) in [5.74, 6) is -0.319. The standard InChI is InChI=1S/C11H16FNS/c1-3-8(4-2)14-9-5-6-11(13)10(12)7-9/h5-8H,3-4,13H2,1-2H3. The predicted octanol–water partition coefficient (Wildman–Crippen LogP) is 3.69. The van der Waals surface area contributed by atoms with Crippen LogP contribution < -0.4 is 5.73 Å². The van der Waals surface area contributed by atoms with Crippen LogP contribution in [0, 0.1) is 5.82 Å². The molecule has 0 amide bonds. The van der Waals surface area contributed by atoms with Crippen molar-refractivity contribution in [3.8, 4) is 0 Å². The van der Waals surface area contributed by atoms with E-state index < -0.39 is 0 Å². The van der Waals surface area contributed by atoms with Crippen molar-refractivity contribution < 1.29 is 4.39 Å². The van der Waals surface area contributed by atoms with Crippen LogP contribution >= 0.6 is 11.8 Å². The molecule has 14 heavy (non-hydrogen) atoms. The first kappa shape index (κ1) is 11.4. The number of nitrogen functional groups attached to an aromatic ring is 1. The molecular formula is C11H16FNS. The van der Waals surface area contributed by atoms with Crippen LogP contribution in [0.4, 0.5) is 10.1 Å². The fourth-order valence-electron chi connectivity index (χ4n) is 1.23. The number of thioether (sulfide) groups is 1. The molecule has 0 aliphatic carbocycles. The largest absolute Gasteiger partial charge is 0.396 e. The lowest BCUT2D eigenvalue weighted by Gasteiger charge is -2.11. The predicted molar refractivity (Wildman–Crippen MR) is 61.0 cm³/mol. The van der Waals surface area contributed by atoms with Gasteiger partial charge in [-0.05, 0) is 31.0 Å². The second kappa shape index (κ2) is 5.25. The number of benzene rings is 1. The molecule has 0 bridgehead atoms. The van der Waals surface area contributed by atoms with Gasteiger partial charge in [0.25, 0.3) is 0 Å². The van der Waals surface area contributed by atoms with Crippen LogP contribution in [0.1, 0.15) is 26.7 Å². The minimum atomic E-state index is -0.319. The van der Waals surface area contributed by atoms with Gasteiger partial charge in [-0.1, -0.05) is 13.8 Å². The quantitative estimate of drug-likeness (QED) is 0.609. The summed E-state index contributed by atoms with van der Waals surface area (Å²) in [4.78, 5) is 0.963. The van der Waals surface area contributed by atoms with Crippen molar-refractivity contribution in [2.75, 3.05) is 5.73 Å². The molecule has 0 saturated carbocycles. The van der Waals surface area contributed by atoms with Crippen molar-refractivity contribution in [3.05, 3.63) is 24.0 Å². The molecule has 78 valence electrons. The van der Waals surface area contributed by atoms with E-state index in [1.165, 1.54) is 6.07 Å². The van der Waals surface area contributed by atoms with Crippen molar-refractivity contribution in [2.24, 2.45) is 0 Å². The Balaban J connectivity index is 2.72. The Morgan fingerprint density at radius 2 is 2.00 bits per heavy atom. The van der Waals surface area contributed by atoms with Gasteiger partial charge >= 0.3 is 0 Å². The lowest BCUT2D eigenvalue weighted by molar-refractivity contribution is 0.629. The van der Waals surface area contributed by atoms with E-state index in [2.05, 4.69) is 13.8 Å². The van der Waals surface area contributed by atoms with Crippen molar-refractivity contribution >= 4 is 17.4 Å². The van der Waals surface area contributed by atoms with E-state index in [4.69, 9.17) is 5.73 Å². The van der Waals surface area contributed by atoms with Gasteiger partial charge in [-0.25, -0.2) is 4.39 Å². The monoisotopic (exact) mass is 213 g/mol. The first-order valence-electron chi connectivity index (χ1n) is 4.89. The summed E-state index contributed by atoms with van der Waals surface area (Å²) in [6.45, 7) is 4.30. The normalized spacial score (nSPS) is 10.9. The van der Waals surface area contributed by atoms with Gasteiger partial charge in [0.2, 0.25) is 0 Å². The Bertz CT molecular complexity index is 297. The smallest absolute Gasteiger partial charge is 0.147 e. The van der Waals surface area contributed by atoms with E-state index in [0.717, 1.165) is 17.7 Å². The van der Waals surface area contributed by atoms with Crippen LogP contribution in [0.3, 0.4) is 0 Å². The first-order chi connectivity index (χ1) is 6.67. The Morgan fingerprint density at radius 1 is 1.36 bits per heavy atom. The van der Waals surface area contributed by atoms with Crippen molar-refractivity contribution in [1.82, 2.24) is 0 Å². The van der Waals surface area contributed by atoms with Gasteiger partial charge in [0.05, 0.1) is 5.69 Å². The Kier molecular flexibility index (Phi) is 4.26. The zero-order valence-electron chi connectivity index (χ0n) is 8.59. The summed E-state index contributed by atoms with van der Waals surface area (Å²) in [7, 11) is 0. The molecule has 0 fully saturated rings. The molecule has 1 nitrogen and oxygen atoms in total. The highest BCUT2D eigenvalue weighted by Crippen LogP contribution is 2.28. The molecule has 0 unspecified atom stereocenters. The van der Waals surface area contributed by atoms with E-state index in [-0.39, 0.29) is 11.5 Å². The van der Waals surface area contributed by atoms with E-state index >= 15 is 0 Å². The minimum absolute atomic E-state index is 0.221. The van der Waals surface area contributed by atoms with Gasteiger partial charge in [0.15, 0.2) is 0 Å². The number of halogens is 1. The highest BCUT2D eigenvalue weighted by Gasteiger charge is 2.07. The first-order valence-corrected chi connectivity index (χ1v) is 5.77. The lowest BCUT2D eigenvalue weighted by Crippen LogP contribution is -1.98. The summed E-state index contributed by atoms with van der Waals surface area (Å²) in [5.41, 5.74) is 5.62. The summed E-state index contributed by atoms with van der Waals surface area (Å²) in [6, 6.07) is 5.01. The van der Waals surface area contributed by atoms with Gasteiger partial charge in [0.1, 0.15) is 5.82 Å². The number of rotatable bonds is 4. The molecule has 1 aromatic carbocycles. The molecule has 2 N–H and O–H groups in total.